The Morgan fingerprint density at radius 3 is 2.41 bits per heavy atom. The van der Waals surface area contributed by atoms with Gasteiger partial charge in [-0.1, -0.05) is 17.7 Å². The van der Waals surface area contributed by atoms with E-state index in [0.717, 1.165) is 42.5 Å². The number of pyridine rings is 1. The Balaban J connectivity index is 2.06. The van der Waals surface area contributed by atoms with Crippen molar-refractivity contribution in [3.05, 3.63) is 46.5 Å². The Hall–Kier alpha value is -2.58. The minimum absolute atomic E-state index is 0.569. The van der Waals surface area contributed by atoms with Gasteiger partial charge in [0.05, 0.1) is 5.56 Å². The van der Waals surface area contributed by atoms with Gasteiger partial charge in [-0.05, 0) is 50.3 Å². The molecule has 112 valence electrons. The van der Waals surface area contributed by atoms with Gasteiger partial charge in [0.25, 0.3) is 0 Å². The molecule has 1 aliphatic rings. The van der Waals surface area contributed by atoms with Gasteiger partial charge >= 0.3 is 0 Å². The molecule has 22 heavy (non-hydrogen) atoms. The molecule has 1 aliphatic carbocycles. The number of nitriles is 1. The molecule has 0 saturated heterocycles. The van der Waals surface area contributed by atoms with E-state index in [1.807, 2.05) is 31.2 Å². The molecular formula is C17H19N5. The molecule has 5 nitrogen and oxygen atoms in total. The van der Waals surface area contributed by atoms with E-state index in [1.165, 1.54) is 5.56 Å². The van der Waals surface area contributed by atoms with Crippen LogP contribution in [0.1, 0.15) is 35.1 Å². The number of hydrazine groups is 1. The number of fused-ring (bicyclic) bond motifs is 1. The summed E-state index contributed by atoms with van der Waals surface area (Å²) in [5.41, 5.74) is 7.57. The van der Waals surface area contributed by atoms with Gasteiger partial charge in [0.15, 0.2) is 5.82 Å². The van der Waals surface area contributed by atoms with Gasteiger partial charge in [0, 0.05) is 11.3 Å². The normalized spacial score (nSPS) is 13.1. The van der Waals surface area contributed by atoms with Crippen molar-refractivity contribution in [2.75, 3.05) is 10.7 Å². The van der Waals surface area contributed by atoms with Crippen LogP contribution in [0.5, 0.6) is 0 Å². The molecule has 3 rings (SSSR count). The molecular weight excluding hydrogens is 274 g/mol. The minimum Gasteiger partial charge on any atom is -0.339 e. The van der Waals surface area contributed by atoms with Crippen molar-refractivity contribution in [3.63, 3.8) is 0 Å². The molecule has 0 amide bonds. The van der Waals surface area contributed by atoms with Crippen molar-refractivity contribution in [2.24, 2.45) is 5.84 Å². The van der Waals surface area contributed by atoms with E-state index in [4.69, 9.17) is 5.84 Å². The molecule has 2 aromatic rings. The third-order valence-corrected chi connectivity index (χ3v) is 4.08. The highest BCUT2D eigenvalue weighted by Crippen LogP contribution is 2.33. The van der Waals surface area contributed by atoms with Gasteiger partial charge in [-0.2, -0.15) is 5.26 Å². The molecule has 0 bridgehead atoms. The van der Waals surface area contributed by atoms with E-state index < -0.39 is 0 Å². The summed E-state index contributed by atoms with van der Waals surface area (Å²) < 4.78 is 0. The summed E-state index contributed by atoms with van der Waals surface area (Å²) in [6, 6.07) is 10.3. The lowest BCUT2D eigenvalue weighted by Crippen LogP contribution is -2.17. The van der Waals surface area contributed by atoms with Crippen LogP contribution in [0.3, 0.4) is 0 Å². The fourth-order valence-electron chi connectivity index (χ4n) is 2.92. The topological polar surface area (TPSA) is 86.8 Å². The van der Waals surface area contributed by atoms with Gasteiger partial charge in [0.1, 0.15) is 11.9 Å². The highest BCUT2D eigenvalue weighted by molar-refractivity contribution is 5.70. The van der Waals surface area contributed by atoms with Crippen LogP contribution in [-0.4, -0.2) is 4.98 Å². The molecule has 0 spiro atoms. The van der Waals surface area contributed by atoms with Crippen molar-refractivity contribution >= 4 is 17.3 Å². The van der Waals surface area contributed by atoms with Crippen molar-refractivity contribution < 1.29 is 0 Å². The average molecular weight is 293 g/mol. The van der Waals surface area contributed by atoms with Crippen LogP contribution in [0, 0.1) is 18.3 Å². The number of nitrogen functional groups attached to an aromatic ring is 1. The number of nitrogens with zero attached hydrogens (tertiary/aromatic N) is 2. The van der Waals surface area contributed by atoms with Crippen LogP contribution in [-0.2, 0) is 12.8 Å². The second-order valence-electron chi connectivity index (χ2n) is 5.60. The van der Waals surface area contributed by atoms with E-state index in [0.29, 0.717) is 17.2 Å². The van der Waals surface area contributed by atoms with Gasteiger partial charge in [-0.3, -0.25) is 0 Å². The third-order valence-electron chi connectivity index (χ3n) is 4.08. The lowest BCUT2D eigenvalue weighted by molar-refractivity contribution is 0.682. The standard InChI is InChI=1S/C17H19N5/c1-11-6-8-12(9-7-11)20-16-15(10-18)13-4-2-3-5-14(13)17(21-16)22-19/h6-9H,2-5,19H2,1H3,(H2,20,21,22). The smallest absolute Gasteiger partial charge is 0.151 e. The molecule has 1 heterocycles. The van der Waals surface area contributed by atoms with Crippen LogP contribution in [0.2, 0.25) is 0 Å². The van der Waals surface area contributed by atoms with Crippen molar-refractivity contribution in [2.45, 2.75) is 32.6 Å². The Morgan fingerprint density at radius 1 is 1.09 bits per heavy atom. The Morgan fingerprint density at radius 2 is 1.77 bits per heavy atom. The zero-order chi connectivity index (χ0) is 15.5. The maximum absolute atomic E-state index is 9.58. The first-order chi connectivity index (χ1) is 10.7. The fourth-order valence-corrected chi connectivity index (χ4v) is 2.92. The number of anilines is 3. The number of aryl methyl sites for hydroxylation is 1. The Labute approximate surface area is 130 Å². The van der Waals surface area contributed by atoms with Gasteiger partial charge in [0.2, 0.25) is 0 Å². The van der Waals surface area contributed by atoms with E-state index >= 15 is 0 Å². The second kappa shape index (κ2) is 6.04. The molecule has 0 aliphatic heterocycles. The first-order valence-electron chi connectivity index (χ1n) is 7.49. The molecule has 0 atom stereocenters. The molecule has 4 N–H and O–H groups in total. The van der Waals surface area contributed by atoms with E-state index in [2.05, 4.69) is 21.8 Å². The molecule has 5 heteroatoms. The van der Waals surface area contributed by atoms with E-state index in [9.17, 15) is 5.26 Å². The lowest BCUT2D eigenvalue weighted by Gasteiger charge is -2.22. The highest BCUT2D eigenvalue weighted by Gasteiger charge is 2.21. The third kappa shape index (κ3) is 2.61. The van der Waals surface area contributed by atoms with E-state index in [-0.39, 0.29) is 0 Å². The quantitative estimate of drug-likeness (QED) is 0.597. The predicted octanol–water partition coefficient (Wildman–Crippen LogP) is 3.17. The molecule has 0 saturated carbocycles. The number of hydrogen-bond donors (Lipinski definition) is 3. The van der Waals surface area contributed by atoms with E-state index in [1.54, 1.807) is 0 Å². The summed E-state index contributed by atoms with van der Waals surface area (Å²) in [7, 11) is 0. The SMILES string of the molecule is Cc1ccc(Nc2nc(NN)c3c(c2C#N)CCCC3)cc1. The van der Waals surface area contributed by atoms with Crippen LogP contribution in [0.15, 0.2) is 24.3 Å². The molecule has 0 unspecified atom stereocenters. The minimum atomic E-state index is 0.569. The van der Waals surface area contributed by atoms with Gasteiger partial charge < -0.3 is 10.7 Å². The number of rotatable bonds is 3. The second-order valence-corrected chi connectivity index (χ2v) is 5.60. The number of aromatic nitrogens is 1. The van der Waals surface area contributed by atoms with Gasteiger partial charge in [-0.25, -0.2) is 10.8 Å². The summed E-state index contributed by atoms with van der Waals surface area (Å²) in [5, 5.41) is 12.8. The zero-order valence-electron chi connectivity index (χ0n) is 12.6. The average Bonchev–Trinajstić information content (AvgIpc) is 2.56. The first-order valence-corrected chi connectivity index (χ1v) is 7.49. The van der Waals surface area contributed by atoms with Crippen LogP contribution in [0.25, 0.3) is 0 Å². The maximum atomic E-state index is 9.58. The van der Waals surface area contributed by atoms with Crippen LogP contribution in [0.4, 0.5) is 17.3 Å². The van der Waals surface area contributed by atoms with Crippen LogP contribution < -0.4 is 16.6 Å². The molecule has 1 aromatic carbocycles. The monoisotopic (exact) mass is 293 g/mol. The van der Waals surface area contributed by atoms with Crippen molar-refractivity contribution in [1.29, 1.82) is 5.26 Å². The summed E-state index contributed by atoms with van der Waals surface area (Å²) in [4.78, 5) is 4.52. The largest absolute Gasteiger partial charge is 0.339 e. The lowest BCUT2D eigenvalue weighted by atomic mass is 9.89. The fraction of sp³-hybridized carbons (Fsp3) is 0.294. The van der Waals surface area contributed by atoms with Crippen LogP contribution >= 0.6 is 0 Å². The summed E-state index contributed by atoms with van der Waals surface area (Å²) in [6.45, 7) is 2.04. The predicted molar refractivity (Wildman–Crippen MR) is 87.9 cm³/mol. The van der Waals surface area contributed by atoms with Crippen molar-refractivity contribution in [1.82, 2.24) is 4.98 Å². The van der Waals surface area contributed by atoms with Crippen molar-refractivity contribution in [3.8, 4) is 6.07 Å². The highest BCUT2D eigenvalue weighted by atomic mass is 15.3. The zero-order valence-corrected chi connectivity index (χ0v) is 12.6. The number of nitrogens with one attached hydrogen (secondary N) is 2. The summed E-state index contributed by atoms with van der Waals surface area (Å²) >= 11 is 0. The molecule has 0 radical (unpaired) electrons. The number of hydrogen-bond acceptors (Lipinski definition) is 5. The summed E-state index contributed by atoms with van der Waals surface area (Å²) in [5.74, 6) is 6.86. The summed E-state index contributed by atoms with van der Waals surface area (Å²) in [6.07, 6.45) is 4.03. The first kappa shape index (κ1) is 14.4. The Bertz CT molecular complexity index is 728. The number of nitrogens with two attached hydrogens (primary N) is 1. The maximum Gasteiger partial charge on any atom is 0.151 e. The Kier molecular flexibility index (Phi) is 3.94. The molecule has 0 fully saturated rings. The molecule has 1 aromatic heterocycles. The van der Waals surface area contributed by atoms with Gasteiger partial charge in [-0.15, -0.1) is 0 Å². The number of benzene rings is 1.